The number of esters is 1. The van der Waals surface area contributed by atoms with Crippen molar-refractivity contribution in [3.63, 3.8) is 0 Å². The van der Waals surface area contributed by atoms with Gasteiger partial charge in [0.15, 0.2) is 0 Å². The minimum absolute atomic E-state index is 0.0462. The van der Waals surface area contributed by atoms with Crippen LogP contribution in [0.5, 0.6) is 0 Å². The summed E-state index contributed by atoms with van der Waals surface area (Å²) in [6.07, 6.45) is 0. The molecule has 0 aliphatic rings. The molecule has 0 saturated carbocycles. The van der Waals surface area contributed by atoms with Gasteiger partial charge in [-0.3, -0.25) is 9.59 Å². The highest BCUT2D eigenvalue weighted by Crippen LogP contribution is 2.25. The molecule has 4 N–H and O–H groups in total. The van der Waals surface area contributed by atoms with E-state index in [0.717, 1.165) is 11.8 Å². The first-order chi connectivity index (χ1) is 15.9. The molecule has 3 aromatic rings. The van der Waals surface area contributed by atoms with Crippen LogP contribution in [0.25, 0.3) is 0 Å². The van der Waals surface area contributed by atoms with Crippen LogP contribution >= 0.6 is 11.8 Å². The van der Waals surface area contributed by atoms with Gasteiger partial charge < -0.3 is 21.1 Å². The van der Waals surface area contributed by atoms with E-state index in [2.05, 4.69) is 20.4 Å². The van der Waals surface area contributed by atoms with Gasteiger partial charge in [-0.05, 0) is 42.5 Å². The summed E-state index contributed by atoms with van der Waals surface area (Å²) < 4.78 is 4.63. The molecule has 166 valence electrons. The molecule has 0 fully saturated rings. The fourth-order valence-corrected chi connectivity index (χ4v) is 3.50. The maximum atomic E-state index is 12.5. The summed E-state index contributed by atoms with van der Waals surface area (Å²) in [5, 5.41) is 15.1. The zero-order chi connectivity index (χ0) is 23.8. The molecule has 0 radical (unpaired) electrons. The number of nitrogen functional groups attached to an aromatic ring is 1. The standard InChI is InChI=1S/C23H19N5O4S/c1-32-23(31)14-7-9-17(10-8-14)26-19(29)13-33-22-15(12-24)11-18(20(25)28-22)21(30)27-16-5-3-2-4-6-16/h2-11H,13H2,1H3,(H2,25,28)(H,26,29)(H,27,30). The Morgan fingerprint density at radius 1 is 1.06 bits per heavy atom. The zero-order valence-corrected chi connectivity index (χ0v) is 18.3. The van der Waals surface area contributed by atoms with E-state index in [0.29, 0.717) is 16.9 Å². The second-order valence-electron chi connectivity index (χ2n) is 6.61. The fourth-order valence-electron chi connectivity index (χ4n) is 2.74. The van der Waals surface area contributed by atoms with E-state index in [1.54, 1.807) is 36.4 Å². The highest BCUT2D eigenvalue weighted by Gasteiger charge is 2.17. The molecule has 0 bridgehead atoms. The van der Waals surface area contributed by atoms with Crippen molar-refractivity contribution in [3.8, 4) is 6.07 Å². The Labute approximate surface area is 194 Å². The molecule has 9 nitrogen and oxygen atoms in total. The molecule has 0 unspecified atom stereocenters. The number of hydrogen-bond donors (Lipinski definition) is 3. The zero-order valence-electron chi connectivity index (χ0n) is 17.5. The molecule has 0 saturated heterocycles. The molecule has 2 aromatic carbocycles. The lowest BCUT2D eigenvalue weighted by Gasteiger charge is -2.10. The first-order valence-corrected chi connectivity index (χ1v) is 10.6. The van der Waals surface area contributed by atoms with Crippen LogP contribution in [0.15, 0.2) is 65.7 Å². The van der Waals surface area contributed by atoms with Crippen molar-refractivity contribution in [3.05, 3.63) is 77.4 Å². The molecule has 1 heterocycles. The van der Waals surface area contributed by atoms with Gasteiger partial charge in [0, 0.05) is 11.4 Å². The number of para-hydroxylation sites is 1. The lowest BCUT2D eigenvalue weighted by molar-refractivity contribution is -0.113. The summed E-state index contributed by atoms with van der Waals surface area (Å²) in [5.41, 5.74) is 7.57. The predicted molar refractivity (Wildman–Crippen MR) is 125 cm³/mol. The third kappa shape index (κ3) is 6.09. The Bertz CT molecular complexity index is 1220. The number of amides is 2. The Morgan fingerprint density at radius 3 is 2.36 bits per heavy atom. The number of nitriles is 1. The van der Waals surface area contributed by atoms with Crippen LogP contribution < -0.4 is 16.4 Å². The number of pyridine rings is 1. The summed E-state index contributed by atoms with van der Waals surface area (Å²) in [6, 6.07) is 18.4. The normalized spacial score (nSPS) is 10.1. The lowest BCUT2D eigenvalue weighted by atomic mass is 10.2. The Kier molecular flexibility index (Phi) is 7.62. The van der Waals surface area contributed by atoms with E-state index in [1.807, 2.05) is 12.1 Å². The Hall–Kier alpha value is -4.36. The molecule has 0 aliphatic heterocycles. The number of nitrogens with two attached hydrogens (primary N) is 1. The predicted octanol–water partition coefficient (Wildman–Crippen LogP) is 3.31. The molecule has 0 aliphatic carbocycles. The van der Waals surface area contributed by atoms with E-state index in [1.165, 1.54) is 25.3 Å². The number of benzene rings is 2. The second-order valence-corrected chi connectivity index (χ2v) is 7.58. The van der Waals surface area contributed by atoms with Gasteiger partial charge in [-0.25, -0.2) is 9.78 Å². The van der Waals surface area contributed by atoms with Crippen LogP contribution in [-0.2, 0) is 9.53 Å². The van der Waals surface area contributed by atoms with Crippen LogP contribution in [0.2, 0.25) is 0 Å². The monoisotopic (exact) mass is 461 g/mol. The molecule has 0 atom stereocenters. The summed E-state index contributed by atoms with van der Waals surface area (Å²) in [5.74, 6) is -1.41. The number of carbonyl (C=O) groups excluding carboxylic acids is 3. The number of carbonyl (C=O) groups is 3. The molecule has 2 amide bonds. The van der Waals surface area contributed by atoms with Crippen molar-refractivity contribution >= 4 is 46.7 Å². The molecular formula is C23H19N5O4S. The van der Waals surface area contributed by atoms with E-state index < -0.39 is 11.9 Å². The van der Waals surface area contributed by atoms with Crippen LogP contribution in [0.3, 0.4) is 0 Å². The van der Waals surface area contributed by atoms with Gasteiger partial charge in [0.1, 0.15) is 16.9 Å². The van der Waals surface area contributed by atoms with Gasteiger partial charge >= 0.3 is 5.97 Å². The van der Waals surface area contributed by atoms with Crippen molar-refractivity contribution in [2.45, 2.75) is 5.03 Å². The Morgan fingerprint density at radius 2 is 1.73 bits per heavy atom. The molecular weight excluding hydrogens is 442 g/mol. The molecule has 10 heteroatoms. The van der Waals surface area contributed by atoms with E-state index >= 15 is 0 Å². The summed E-state index contributed by atoms with van der Waals surface area (Å²) in [4.78, 5) is 40.4. The van der Waals surface area contributed by atoms with Crippen molar-refractivity contribution < 1.29 is 19.1 Å². The largest absolute Gasteiger partial charge is 0.465 e. The Balaban J connectivity index is 1.65. The minimum Gasteiger partial charge on any atom is -0.465 e. The number of rotatable bonds is 7. The third-order valence-corrected chi connectivity index (χ3v) is 5.33. The van der Waals surface area contributed by atoms with Gasteiger partial charge in [-0.15, -0.1) is 0 Å². The SMILES string of the molecule is COC(=O)c1ccc(NC(=O)CSc2nc(N)c(C(=O)Nc3ccccc3)cc2C#N)cc1. The highest BCUT2D eigenvalue weighted by atomic mass is 32.2. The van der Waals surface area contributed by atoms with Gasteiger partial charge in [-0.1, -0.05) is 30.0 Å². The van der Waals surface area contributed by atoms with E-state index in [9.17, 15) is 19.6 Å². The quantitative estimate of drug-likeness (QED) is 0.359. The topological polar surface area (TPSA) is 147 Å². The number of thioether (sulfide) groups is 1. The smallest absolute Gasteiger partial charge is 0.337 e. The number of nitrogens with zero attached hydrogens (tertiary/aromatic N) is 2. The van der Waals surface area contributed by atoms with Gasteiger partial charge in [0.2, 0.25) is 5.91 Å². The van der Waals surface area contributed by atoms with Gasteiger partial charge in [-0.2, -0.15) is 5.26 Å². The van der Waals surface area contributed by atoms with Crippen molar-refractivity contribution in [2.75, 3.05) is 29.2 Å². The molecule has 3 rings (SSSR count). The number of anilines is 3. The molecule has 33 heavy (non-hydrogen) atoms. The molecule has 1 aromatic heterocycles. The van der Waals surface area contributed by atoms with Gasteiger partial charge in [0.25, 0.3) is 5.91 Å². The second kappa shape index (κ2) is 10.8. The summed E-state index contributed by atoms with van der Waals surface area (Å²) in [7, 11) is 1.29. The molecule has 0 spiro atoms. The first-order valence-electron chi connectivity index (χ1n) is 9.59. The van der Waals surface area contributed by atoms with Crippen LogP contribution in [-0.4, -0.2) is 35.6 Å². The number of ether oxygens (including phenoxy) is 1. The van der Waals surface area contributed by atoms with Crippen LogP contribution in [0, 0.1) is 11.3 Å². The third-order valence-electron chi connectivity index (χ3n) is 4.34. The highest BCUT2D eigenvalue weighted by molar-refractivity contribution is 8.00. The summed E-state index contributed by atoms with van der Waals surface area (Å²) >= 11 is 1.02. The number of aromatic nitrogens is 1. The van der Waals surface area contributed by atoms with Crippen molar-refractivity contribution in [1.82, 2.24) is 4.98 Å². The van der Waals surface area contributed by atoms with Crippen LogP contribution in [0.4, 0.5) is 17.2 Å². The fraction of sp³-hybridized carbons (Fsp3) is 0.0870. The van der Waals surface area contributed by atoms with Crippen molar-refractivity contribution in [1.29, 1.82) is 5.26 Å². The van der Waals surface area contributed by atoms with E-state index in [4.69, 9.17) is 5.73 Å². The number of methoxy groups -OCH3 is 1. The minimum atomic E-state index is -0.493. The number of nitrogens with one attached hydrogen (secondary N) is 2. The summed E-state index contributed by atoms with van der Waals surface area (Å²) in [6.45, 7) is 0. The van der Waals surface area contributed by atoms with Gasteiger partial charge in [0.05, 0.1) is 29.6 Å². The average molecular weight is 462 g/mol. The average Bonchev–Trinajstić information content (AvgIpc) is 2.83. The maximum Gasteiger partial charge on any atom is 0.337 e. The van der Waals surface area contributed by atoms with Crippen LogP contribution in [0.1, 0.15) is 26.3 Å². The maximum absolute atomic E-state index is 12.5. The van der Waals surface area contributed by atoms with Crippen molar-refractivity contribution in [2.24, 2.45) is 0 Å². The number of hydrogen-bond acceptors (Lipinski definition) is 8. The first kappa shape index (κ1) is 23.3. The van der Waals surface area contributed by atoms with E-state index in [-0.39, 0.29) is 33.6 Å². The lowest BCUT2D eigenvalue weighted by Crippen LogP contribution is -2.17.